The van der Waals surface area contributed by atoms with E-state index in [1.54, 1.807) is 19.2 Å². The number of aromatic nitrogens is 4. The molecule has 0 fully saturated rings. The number of methoxy groups -OCH3 is 1. The van der Waals surface area contributed by atoms with E-state index in [1.165, 1.54) is 4.80 Å². The van der Waals surface area contributed by atoms with E-state index in [0.29, 0.717) is 41.7 Å². The fourth-order valence-electron chi connectivity index (χ4n) is 1.68. The summed E-state index contributed by atoms with van der Waals surface area (Å²) < 4.78 is 10.7. The summed E-state index contributed by atoms with van der Waals surface area (Å²) in [5, 5.41) is 12.1. The van der Waals surface area contributed by atoms with Crippen LogP contribution < -0.4 is 15.2 Å². The van der Waals surface area contributed by atoms with E-state index < -0.39 is 0 Å². The highest BCUT2D eigenvalue weighted by molar-refractivity contribution is 5.75. The number of anilines is 1. The van der Waals surface area contributed by atoms with Crippen molar-refractivity contribution >= 4 is 5.69 Å². The molecule has 7 heteroatoms. The number of aryl methyl sites for hydroxylation is 1. The molecular weight excluding hydrogens is 246 g/mol. The van der Waals surface area contributed by atoms with Crippen LogP contribution in [0.4, 0.5) is 5.69 Å². The number of nitrogens with two attached hydrogens (primary N) is 1. The van der Waals surface area contributed by atoms with Crippen LogP contribution in [0.25, 0.3) is 11.4 Å². The van der Waals surface area contributed by atoms with Crippen LogP contribution in [-0.4, -0.2) is 33.9 Å². The third-order valence-corrected chi connectivity index (χ3v) is 2.61. The van der Waals surface area contributed by atoms with Crippen LogP contribution in [0.1, 0.15) is 13.8 Å². The second kappa shape index (κ2) is 5.55. The molecule has 0 spiro atoms. The smallest absolute Gasteiger partial charge is 0.207 e. The van der Waals surface area contributed by atoms with Gasteiger partial charge in [0.15, 0.2) is 11.5 Å². The van der Waals surface area contributed by atoms with Gasteiger partial charge in [-0.05, 0) is 25.1 Å². The van der Waals surface area contributed by atoms with E-state index in [9.17, 15) is 0 Å². The Morgan fingerprint density at radius 3 is 2.63 bits per heavy atom. The Kier molecular flexibility index (Phi) is 3.84. The van der Waals surface area contributed by atoms with Crippen LogP contribution in [0.2, 0.25) is 0 Å². The lowest BCUT2D eigenvalue weighted by atomic mass is 10.1. The third-order valence-electron chi connectivity index (χ3n) is 2.61. The molecule has 0 saturated carbocycles. The van der Waals surface area contributed by atoms with Gasteiger partial charge < -0.3 is 15.2 Å². The van der Waals surface area contributed by atoms with E-state index >= 15 is 0 Å². The van der Waals surface area contributed by atoms with Crippen molar-refractivity contribution in [3.05, 3.63) is 12.1 Å². The first-order valence-electron chi connectivity index (χ1n) is 6.08. The standard InChI is InChI=1S/C12H17N5O2/c1-4-17-15-12(14-16-17)8-6-10(18-3)11(19-5-2)7-9(8)13/h6-7H,4-5,13H2,1-3H3. The summed E-state index contributed by atoms with van der Waals surface area (Å²) in [4.78, 5) is 1.50. The summed E-state index contributed by atoms with van der Waals surface area (Å²) in [6.07, 6.45) is 0. The highest BCUT2D eigenvalue weighted by Crippen LogP contribution is 2.35. The molecule has 2 rings (SSSR count). The third kappa shape index (κ3) is 2.59. The zero-order chi connectivity index (χ0) is 13.8. The predicted molar refractivity (Wildman–Crippen MR) is 71.1 cm³/mol. The second-order valence-electron chi connectivity index (χ2n) is 3.82. The van der Waals surface area contributed by atoms with Gasteiger partial charge in [-0.3, -0.25) is 0 Å². The van der Waals surface area contributed by atoms with E-state index in [0.717, 1.165) is 0 Å². The van der Waals surface area contributed by atoms with Gasteiger partial charge in [-0.2, -0.15) is 4.80 Å². The van der Waals surface area contributed by atoms with Crippen molar-refractivity contribution in [3.63, 3.8) is 0 Å². The van der Waals surface area contributed by atoms with Gasteiger partial charge in [0.1, 0.15) is 0 Å². The first-order valence-corrected chi connectivity index (χ1v) is 6.08. The summed E-state index contributed by atoms with van der Waals surface area (Å²) >= 11 is 0. The van der Waals surface area contributed by atoms with Crippen molar-refractivity contribution in [2.24, 2.45) is 0 Å². The van der Waals surface area contributed by atoms with Crippen molar-refractivity contribution in [1.29, 1.82) is 0 Å². The van der Waals surface area contributed by atoms with Crippen molar-refractivity contribution in [2.45, 2.75) is 20.4 Å². The molecule has 2 aromatic rings. The number of hydrogen-bond donors (Lipinski definition) is 1. The van der Waals surface area contributed by atoms with Gasteiger partial charge in [0.25, 0.3) is 0 Å². The molecule has 0 atom stereocenters. The van der Waals surface area contributed by atoms with E-state index in [2.05, 4.69) is 15.4 Å². The molecule has 7 nitrogen and oxygen atoms in total. The minimum atomic E-state index is 0.473. The highest BCUT2D eigenvalue weighted by atomic mass is 16.5. The lowest BCUT2D eigenvalue weighted by Crippen LogP contribution is -2.00. The van der Waals surface area contributed by atoms with Gasteiger partial charge in [-0.15, -0.1) is 10.2 Å². The van der Waals surface area contributed by atoms with E-state index in [1.807, 2.05) is 13.8 Å². The Morgan fingerprint density at radius 2 is 2.05 bits per heavy atom. The molecule has 0 aliphatic carbocycles. The average Bonchev–Trinajstić information content (AvgIpc) is 2.88. The summed E-state index contributed by atoms with van der Waals surface area (Å²) in [5.41, 5.74) is 7.21. The molecule has 0 aliphatic heterocycles. The van der Waals surface area contributed by atoms with Crippen LogP contribution >= 0.6 is 0 Å². The lowest BCUT2D eigenvalue weighted by molar-refractivity contribution is 0.311. The number of tetrazole rings is 1. The maximum atomic E-state index is 6.01. The number of hydrogen-bond acceptors (Lipinski definition) is 6. The number of ether oxygens (including phenoxy) is 2. The molecule has 0 unspecified atom stereocenters. The molecule has 2 N–H and O–H groups in total. The molecule has 0 amide bonds. The van der Waals surface area contributed by atoms with Crippen LogP contribution in [0.15, 0.2) is 12.1 Å². The number of nitrogens with zero attached hydrogens (tertiary/aromatic N) is 4. The Labute approximate surface area is 111 Å². The molecular formula is C12H17N5O2. The van der Waals surface area contributed by atoms with Crippen LogP contribution in [0, 0.1) is 0 Å². The molecule has 1 aromatic carbocycles. The molecule has 1 aromatic heterocycles. The molecule has 0 radical (unpaired) electrons. The van der Waals surface area contributed by atoms with Crippen LogP contribution in [0.3, 0.4) is 0 Å². The fourth-order valence-corrected chi connectivity index (χ4v) is 1.68. The minimum Gasteiger partial charge on any atom is -0.493 e. The maximum absolute atomic E-state index is 6.01. The zero-order valence-electron chi connectivity index (χ0n) is 11.3. The van der Waals surface area contributed by atoms with Crippen LogP contribution in [0.5, 0.6) is 11.5 Å². The van der Waals surface area contributed by atoms with E-state index in [-0.39, 0.29) is 0 Å². The SMILES string of the molecule is CCOc1cc(N)c(-c2nnn(CC)n2)cc1OC. The Hall–Kier alpha value is -2.31. The first kappa shape index (κ1) is 13.1. The average molecular weight is 263 g/mol. The molecule has 19 heavy (non-hydrogen) atoms. The first-order chi connectivity index (χ1) is 9.19. The van der Waals surface area contributed by atoms with Crippen molar-refractivity contribution in [3.8, 4) is 22.9 Å². The molecule has 1 heterocycles. The number of rotatable bonds is 5. The Bertz CT molecular complexity index is 567. The fraction of sp³-hybridized carbons (Fsp3) is 0.417. The highest BCUT2D eigenvalue weighted by Gasteiger charge is 2.14. The summed E-state index contributed by atoms with van der Waals surface area (Å²) in [5.74, 6) is 1.67. The maximum Gasteiger partial charge on any atom is 0.207 e. The normalized spacial score (nSPS) is 10.5. The van der Waals surface area contributed by atoms with E-state index in [4.69, 9.17) is 15.2 Å². The topological polar surface area (TPSA) is 88.1 Å². The van der Waals surface area contributed by atoms with Gasteiger partial charge in [0.05, 0.1) is 20.3 Å². The lowest BCUT2D eigenvalue weighted by Gasteiger charge is -2.11. The summed E-state index contributed by atoms with van der Waals surface area (Å²) in [6.45, 7) is 5.03. The Morgan fingerprint density at radius 1 is 1.26 bits per heavy atom. The Balaban J connectivity index is 2.45. The van der Waals surface area contributed by atoms with Crippen molar-refractivity contribution in [2.75, 3.05) is 19.5 Å². The zero-order valence-corrected chi connectivity index (χ0v) is 11.3. The summed E-state index contributed by atoms with van der Waals surface area (Å²) in [6, 6.07) is 3.47. The van der Waals surface area contributed by atoms with Crippen molar-refractivity contribution in [1.82, 2.24) is 20.2 Å². The van der Waals surface area contributed by atoms with Gasteiger partial charge in [0.2, 0.25) is 5.82 Å². The predicted octanol–water partition coefficient (Wildman–Crippen LogP) is 1.35. The second-order valence-corrected chi connectivity index (χ2v) is 3.82. The monoisotopic (exact) mass is 263 g/mol. The number of nitrogen functional groups attached to an aromatic ring is 1. The molecule has 0 aliphatic rings. The van der Waals surface area contributed by atoms with Crippen molar-refractivity contribution < 1.29 is 9.47 Å². The minimum absolute atomic E-state index is 0.473. The molecule has 0 bridgehead atoms. The van der Waals surface area contributed by atoms with Gasteiger partial charge in [0, 0.05) is 17.3 Å². The van der Waals surface area contributed by atoms with Crippen LogP contribution in [-0.2, 0) is 6.54 Å². The van der Waals surface area contributed by atoms with Gasteiger partial charge in [-0.1, -0.05) is 0 Å². The summed E-state index contributed by atoms with van der Waals surface area (Å²) in [7, 11) is 1.58. The van der Waals surface area contributed by atoms with Gasteiger partial charge in [-0.25, -0.2) is 0 Å². The molecule has 102 valence electrons. The quantitative estimate of drug-likeness (QED) is 0.819. The number of benzene rings is 1. The van der Waals surface area contributed by atoms with Gasteiger partial charge >= 0.3 is 0 Å². The molecule has 0 saturated heterocycles. The largest absolute Gasteiger partial charge is 0.493 e.